The number of rotatable bonds is 3. The van der Waals surface area contributed by atoms with Crippen LogP contribution >= 0.6 is 23.3 Å². The second-order valence-electron chi connectivity index (χ2n) is 3.83. The highest BCUT2D eigenvalue weighted by molar-refractivity contribution is 7.99. The van der Waals surface area contributed by atoms with Gasteiger partial charge in [-0.05, 0) is 18.0 Å². The molecular weight excluding hydrogens is 274 g/mol. The third-order valence-electron chi connectivity index (χ3n) is 2.76. The molecule has 8 heteroatoms. The maximum absolute atomic E-state index is 12.3. The predicted octanol–water partition coefficient (Wildman–Crippen LogP) is 0.743. The first-order valence-corrected chi connectivity index (χ1v) is 7.50. The molecule has 1 atom stereocenters. The van der Waals surface area contributed by atoms with Gasteiger partial charge in [0.05, 0.1) is 5.69 Å². The largest absolute Gasteiger partial charge is 0.480 e. The first-order chi connectivity index (χ1) is 8.65. The molecule has 1 aromatic rings. The van der Waals surface area contributed by atoms with Gasteiger partial charge in [0.1, 0.15) is 10.9 Å². The van der Waals surface area contributed by atoms with E-state index >= 15 is 0 Å². The summed E-state index contributed by atoms with van der Waals surface area (Å²) < 4.78 is 3.77. The molecule has 0 spiro atoms. The van der Waals surface area contributed by atoms with E-state index in [9.17, 15) is 9.59 Å². The van der Waals surface area contributed by atoms with Gasteiger partial charge in [-0.25, -0.2) is 4.79 Å². The zero-order valence-electron chi connectivity index (χ0n) is 9.83. The summed E-state index contributed by atoms with van der Waals surface area (Å²) in [6.45, 7) is 2.36. The van der Waals surface area contributed by atoms with Crippen molar-refractivity contribution in [3.63, 3.8) is 0 Å². The Kier molecular flexibility index (Phi) is 4.18. The Labute approximate surface area is 113 Å². The Morgan fingerprint density at radius 2 is 2.33 bits per heavy atom. The summed E-state index contributed by atoms with van der Waals surface area (Å²) in [6, 6.07) is -0.747. The summed E-state index contributed by atoms with van der Waals surface area (Å²) in [5, 5.41) is 13.0. The number of aryl methyl sites for hydroxylation is 1. The summed E-state index contributed by atoms with van der Waals surface area (Å²) in [5.74, 6) is -0.00143. The van der Waals surface area contributed by atoms with Gasteiger partial charge in [0, 0.05) is 18.1 Å². The van der Waals surface area contributed by atoms with E-state index in [1.807, 2.05) is 6.92 Å². The van der Waals surface area contributed by atoms with Crippen molar-refractivity contribution >= 4 is 35.2 Å². The number of carboxylic acids is 1. The van der Waals surface area contributed by atoms with Crippen LogP contribution in [0.15, 0.2) is 0 Å². The lowest BCUT2D eigenvalue weighted by molar-refractivity contribution is -0.141. The molecule has 6 nitrogen and oxygen atoms in total. The number of thioether (sulfide) groups is 1. The lowest BCUT2D eigenvalue weighted by Gasteiger charge is -2.32. The molecule has 1 aliphatic heterocycles. The number of carbonyl (C=O) groups is 2. The molecule has 2 heterocycles. The van der Waals surface area contributed by atoms with E-state index in [2.05, 4.69) is 9.59 Å². The molecule has 1 unspecified atom stereocenters. The molecule has 0 saturated carbocycles. The fourth-order valence-corrected chi connectivity index (χ4v) is 3.53. The van der Waals surface area contributed by atoms with E-state index in [1.54, 1.807) is 11.8 Å². The van der Waals surface area contributed by atoms with Crippen LogP contribution in [0.4, 0.5) is 0 Å². The Bertz CT molecular complexity index is 463. The molecule has 0 radical (unpaired) electrons. The van der Waals surface area contributed by atoms with Gasteiger partial charge in [-0.1, -0.05) is 11.4 Å². The number of hydrogen-bond acceptors (Lipinski definition) is 6. The number of aliphatic carboxylic acids is 1. The lowest BCUT2D eigenvalue weighted by atomic mass is 10.2. The molecule has 1 aromatic heterocycles. The number of carbonyl (C=O) groups excluding carboxylic acids is 1. The van der Waals surface area contributed by atoms with Crippen LogP contribution in [-0.4, -0.2) is 55.6 Å². The first kappa shape index (κ1) is 13.3. The minimum absolute atomic E-state index is 0.255. The van der Waals surface area contributed by atoms with Gasteiger partial charge in [0.2, 0.25) is 0 Å². The van der Waals surface area contributed by atoms with Crippen molar-refractivity contribution in [2.75, 3.05) is 18.1 Å². The van der Waals surface area contributed by atoms with Crippen LogP contribution in [0, 0.1) is 0 Å². The zero-order chi connectivity index (χ0) is 13.1. The molecule has 0 bridgehead atoms. The Morgan fingerprint density at radius 3 is 3.00 bits per heavy atom. The zero-order valence-corrected chi connectivity index (χ0v) is 11.5. The van der Waals surface area contributed by atoms with E-state index in [0.717, 1.165) is 17.3 Å². The number of aromatic nitrogens is 2. The molecule has 18 heavy (non-hydrogen) atoms. The average molecular weight is 287 g/mol. The normalized spacial score (nSPS) is 19.8. The lowest BCUT2D eigenvalue weighted by Crippen LogP contribution is -2.50. The molecule has 0 aromatic carbocycles. The van der Waals surface area contributed by atoms with Crippen LogP contribution in [0.25, 0.3) is 0 Å². The van der Waals surface area contributed by atoms with Crippen LogP contribution in [0.1, 0.15) is 22.3 Å². The second-order valence-corrected chi connectivity index (χ2v) is 5.73. The van der Waals surface area contributed by atoms with Crippen LogP contribution < -0.4 is 0 Å². The predicted molar refractivity (Wildman–Crippen MR) is 69.1 cm³/mol. The Morgan fingerprint density at radius 1 is 1.56 bits per heavy atom. The van der Waals surface area contributed by atoms with Gasteiger partial charge in [-0.15, -0.1) is 5.10 Å². The van der Waals surface area contributed by atoms with Crippen molar-refractivity contribution in [2.24, 2.45) is 0 Å². The highest BCUT2D eigenvalue weighted by atomic mass is 32.2. The van der Waals surface area contributed by atoms with E-state index in [1.165, 1.54) is 4.90 Å². The van der Waals surface area contributed by atoms with Crippen LogP contribution in [0.2, 0.25) is 0 Å². The molecule has 1 N–H and O–H groups in total. The molecule has 2 rings (SSSR count). The third kappa shape index (κ3) is 2.49. The quantitative estimate of drug-likeness (QED) is 0.883. The van der Waals surface area contributed by atoms with Crippen LogP contribution in [0.3, 0.4) is 0 Å². The number of amides is 1. The van der Waals surface area contributed by atoms with Gasteiger partial charge in [-0.2, -0.15) is 11.8 Å². The smallest absolute Gasteiger partial charge is 0.327 e. The van der Waals surface area contributed by atoms with E-state index < -0.39 is 12.0 Å². The number of carboxylic acid groups (broad SMARTS) is 1. The molecule has 1 saturated heterocycles. The molecular formula is C10H13N3O3S2. The summed E-state index contributed by atoms with van der Waals surface area (Å²) >= 11 is 2.59. The van der Waals surface area contributed by atoms with Crippen LogP contribution in [0.5, 0.6) is 0 Å². The average Bonchev–Trinajstić information content (AvgIpc) is 2.86. The summed E-state index contributed by atoms with van der Waals surface area (Å²) in [5.41, 5.74) is 0.646. The van der Waals surface area contributed by atoms with Gasteiger partial charge < -0.3 is 10.0 Å². The maximum atomic E-state index is 12.3. The summed E-state index contributed by atoms with van der Waals surface area (Å²) in [6.07, 6.45) is 0.623. The van der Waals surface area contributed by atoms with E-state index in [0.29, 0.717) is 29.3 Å². The minimum Gasteiger partial charge on any atom is -0.480 e. The Hall–Kier alpha value is -1.15. The van der Waals surface area contributed by atoms with Crippen molar-refractivity contribution in [3.8, 4) is 0 Å². The molecule has 98 valence electrons. The molecule has 0 aliphatic carbocycles. The highest BCUT2D eigenvalue weighted by Crippen LogP contribution is 2.22. The van der Waals surface area contributed by atoms with Crippen molar-refractivity contribution in [3.05, 3.63) is 10.6 Å². The SMILES string of the molecule is CCc1nnsc1C(=O)N1CCSCC1C(=O)O. The van der Waals surface area contributed by atoms with Crippen LogP contribution in [-0.2, 0) is 11.2 Å². The van der Waals surface area contributed by atoms with E-state index in [4.69, 9.17) is 5.11 Å². The van der Waals surface area contributed by atoms with Gasteiger partial charge in [0.25, 0.3) is 5.91 Å². The standard InChI is InChI=1S/C10H13N3O3S2/c1-2-6-8(18-12-11-6)9(14)13-3-4-17-5-7(13)10(15)16/h7H,2-5H2,1H3,(H,15,16). The van der Waals surface area contributed by atoms with E-state index in [-0.39, 0.29) is 5.91 Å². The molecule has 1 fully saturated rings. The van der Waals surface area contributed by atoms with Crippen molar-refractivity contribution in [1.82, 2.24) is 14.5 Å². The topological polar surface area (TPSA) is 83.4 Å². The monoisotopic (exact) mass is 287 g/mol. The van der Waals surface area contributed by atoms with Gasteiger partial charge >= 0.3 is 5.97 Å². The fraction of sp³-hybridized carbons (Fsp3) is 0.600. The van der Waals surface area contributed by atoms with Crippen molar-refractivity contribution in [1.29, 1.82) is 0 Å². The minimum atomic E-state index is -0.953. The van der Waals surface area contributed by atoms with Gasteiger partial charge in [0.15, 0.2) is 0 Å². The fourth-order valence-electron chi connectivity index (χ4n) is 1.78. The van der Waals surface area contributed by atoms with Crippen molar-refractivity contribution in [2.45, 2.75) is 19.4 Å². The van der Waals surface area contributed by atoms with Crippen molar-refractivity contribution < 1.29 is 14.7 Å². The number of hydrogen-bond donors (Lipinski definition) is 1. The second kappa shape index (κ2) is 5.66. The maximum Gasteiger partial charge on any atom is 0.327 e. The summed E-state index contributed by atoms with van der Waals surface area (Å²) in [7, 11) is 0. The highest BCUT2D eigenvalue weighted by Gasteiger charge is 2.34. The molecule has 1 aliphatic rings. The Balaban J connectivity index is 2.23. The molecule has 1 amide bonds. The number of nitrogens with zero attached hydrogens (tertiary/aromatic N) is 3. The summed E-state index contributed by atoms with van der Waals surface area (Å²) in [4.78, 5) is 25.4. The third-order valence-corrected chi connectivity index (χ3v) is 4.54. The first-order valence-electron chi connectivity index (χ1n) is 5.58. The van der Waals surface area contributed by atoms with Gasteiger partial charge in [-0.3, -0.25) is 4.79 Å².